The van der Waals surface area contributed by atoms with Gasteiger partial charge < -0.3 is 34.0 Å². The van der Waals surface area contributed by atoms with E-state index in [4.69, 9.17) is 23.7 Å². The second-order valence-electron chi connectivity index (χ2n) is 15.9. The summed E-state index contributed by atoms with van der Waals surface area (Å²) in [6, 6.07) is 25.0. The average Bonchev–Trinajstić information content (AvgIpc) is 4.09. The summed E-state index contributed by atoms with van der Waals surface area (Å²) in [7, 11) is 5.42. The lowest BCUT2D eigenvalue weighted by Crippen LogP contribution is -2.18. The normalized spacial score (nSPS) is 20.0. The topological polar surface area (TPSA) is 154 Å². The second kappa shape index (κ2) is 22.9. The van der Waals surface area contributed by atoms with Crippen LogP contribution < -0.4 is 5.32 Å². The number of benzene rings is 2. The van der Waals surface area contributed by atoms with Gasteiger partial charge in [0.1, 0.15) is 31.6 Å². The fourth-order valence-electron chi connectivity index (χ4n) is 8.65. The van der Waals surface area contributed by atoms with Crippen molar-refractivity contribution in [2.75, 3.05) is 73.9 Å². The highest BCUT2D eigenvalue weighted by Gasteiger charge is 2.34. The number of nitrogens with one attached hydrogen (secondary N) is 1. The Bertz CT molecular complexity index is 2110. The van der Waals surface area contributed by atoms with Crippen LogP contribution in [0.25, 0.3) is 0 Å². The quantitative estimate of drug-likeness (QED) is 0.149. The molecule has 0 unspecified atom stereocenters. The number of likely N-dealkylation sites (N-methyl/N-ethyl adjacent to an activating group) is 1. The van der Waals surface area contributed by atoms with Crippen molar-refractivity contribution in [3.05, 3.63) is 130 Å². The molecular weight excluding hydrogens is 773 g/mol. The molecule has 2 aromatic heterocycles. The summed E-state index contributed by atoms with van der Waals surface area (Å²) < 4.78 is 21.3. The van der Waals surface area contributed by atoms with Crippen molar-refractivity contribution in [2.24, 2.45) is 21.8 Å². The van der Waals surface area contributed by atoms with Crippen molar-refractivity contribution in [3.8, 4) is 0 Å². The summed E-state index contributed by atoms with van der Waals surface area (Å²) in [6.45, 7) is 8.90. The zero-order valence-corrected chi connectivity index (χ0v) is 35.6. The Labute approximate surface area is 359 Å². The van der Waals surface area contributed by atoms with E-state index in [0.717, 1.165) is 59.8 Å². The van der Waals surface area contributed by atoms with Crippen LogP contribution in [0.5, 0.6) is 0 Å². The zero-order valence-electron chi connectivity index (χ0n) is 35.6. The number of carbonyl (C=O) groups excluding carboxylic acids is 3. The molecule has 0 spiro atoms. The van der Waals surface area contributed by atoms with Crippen LogP contribution in [-0.2, 0) is 59.3 Å². The molecule has 4 aliphatic rings. The van der Waals surface area contributed by atoms with Crippen LogP contribution in [-0.4, -0.2) is 119 Å². The third kappa shape index (κ3) is 12.3. The minimum absolute atomic E-state index is 0.238. The number of aromatic nitrogens is 2. The van der Waals surface area contributed by atoms with Gasteiger partial charge in [-0.1, -0.05) is 60.7 Å². The maximum Gasteiger partial charge on any atom is 0.218 e. The van der Waals surface area contributed by atoms with Crippen molar-refractivity contribution < 1.29 is 33.3 Å². The molecule has 0 saturated carbocycles. The summed E-state index contributed by atoms with van der Waals surface area (Å²) >= 11 is 0. The molecule has 4 aliphatic heterocycles. The number of fused-ring (bicyclic) bond motifs is 2. The van der Waals surface area contributed by atoms with Crippen LogP contribution in [0.1, 0.15) is 69.4 Å². The minimum atomic E-state index is 0.238. The molecule has 0 aliphatic carbocycles. The van der Waals surface area contributed by atoms with Gasteiger partial charge in [0.2, 0.25) is 11.8 Å². The third-order valence-electron chi connectivity index (χ3n) is 11.5. The highest BCUT2D eigenvalue weighted by molar-refractivity contribution is 5.98. The number of nitrogens with zero attached hydrogens (tertiary/aromatic N) is 5. The Kier molecular flexibility index (Phi) is 16.9. The van der Waals surface area contributed by atoms with Gasteiger partial charge in [0.05, 0.1) is 37.4 Å². The largest absolute Gasteiger partial charge is 0.475 e. The first-order valence-electron chi connectivity index (χ1n) is 21.0. The van der Waals surface area contributed by atoms with Gasteiger partial charge in [-0.25, -0.2) is 9.98 Å². The van der Waals surface area contributed by atoms with Crippen LogP contribution in [0.4, 0.5) is 0 Å². The van der Waals surface area contributed by atoms with Crippen molar-refractivity contribution in [3.63, 3.8) is 0 Å². The summed E-state index contributed by atoms with van der Waals surface area (Å²) in [4.78, 5) is 53.8. The number of Topliss-reactive ketones (excluding diaryl/α,β-unsaturated/α-hetero) is 2. The lowest BCUT2D eigenvalue weighted by molar-refractivity contribution is -0.120. The van der Waals surface area contributed by atoms with E-state index in [9.17, 15) is 9.59 Å². The van der Waals surface area contributed by atoms with Gasteiger partial charge in [-0.05, 0) is 59.8 Å². The fraction of sp³-hybridized carbons (Fsp3) is 0.438. The van der Waals surface area contributed by atoms with Gasteiger partial charge in [-0.2, -0.15) is 0 Å². The van der Waals surface area contributed by atoms with Gasteiger partial charge >= 0.3 is 0 Å². The Morgan fingerprint density at radius 1 is 0.672 bits per heavy atom. The standard InChI is InChI=1S/C24H29N3O3.C23H27N3O3.CH2O/c1-27-15-19(23(16-27)17-6-4-3-5-7-17)11-21(28)12-20-10-18-13-26-24(22(18)14-25-20)30-9-8-29-2;1-28-7-8-29-23-22-15-25-19(9-17(22)13-26-23)11-20(27)10-18-12-24-14-21(18)16-5-3-2-4-6-16;1-2/h3-7,10,14,19,23H,8-9,11-13,15-16H2,1-2H3;2-6,9,15,18,21,24H,7-8,10-14H2,1H3;1H2/t19-,23+;18-,21+;/m00./s1. The van der Waals surface area contributed by atoms with Gasteiger partial charge in [-0.15, -0.1) is 0 Å². The first kappa shape index (κ1) is 45.1. The van der Waals surface area contributed by atoms with E-state index in [2.05, 4.69) is 85.7 Å². The molecule has 0 radical (unpaired) electrons. The molecule has 322 valence electrons. The van der Waals surface area contributed by atoms with Crippen LogP contribution >= 0.6 is 0 Å². The highest BCUT2D eigenvalue weighted by atomic mass is 16.5. The average molecular weight is 831 g/mol. The summed E-state index contributed by atoms with van der Waals surface area (Å²) in [5.74, 6) is 3.22. The van der Waals surface area contributed by atoms with Gasteiger partial charge in [0.25, 0.3) is 0 Å². The predicted molar refractivity (Wildman–Crippen MR) is 234 cm³/mol. The molecule has 8 rings (SSSR count). The van der Waals surface area contributed by atoms with Crippen molar-refractivity contribution >= 4 is 30.2 Å². The molecule has 1 N–H and O–H groups in total. The number of carbonyl (C=O) groups is 3. The lowest BCUT2D eigenvalue weighted by atomic mass is 9.85. The molecule has 13 heteroatoms. The molecule has 2 saturated heterocycles. The maximum absolute atomic E-state index is 12.9. The van der Waals surface area contributed by atoms with Crippen LogP contribution in [0.3, 0.4) is 0 Å². The Morgan fingerprint density at radius 3 is 1.67 bits per heavy atom. The molecule has 2 fully saturated rings. The molecule has 4 aromatic rings. The van der Waals surface area contributed by atoms with E-state index in [-0.39, 0.29) is 11.6 Å². The molecule has 0 bridgehead atoms. The predicted octanol–water partition coefficient (Wildman–Crippen LogP) is 5.18. The molecule has 13 nitrogen and oxygen atoms in total. The van der Waals surface area contributed by atoms with E-state index in [1.54, 1.807) is 26.6 Å². The second-order valence-corrected chi connectivity index (χ2v) is 15.9. The maximum atomic E-state index is 12.9. The Balaban J connectivity index is 0.000000196. The molecule has 0 amide bonds. The van der Waals surface area contributed by atoms with Crippen molar-refractivity contribution in [1.29, 1.82) is 0 Å². The van der Waals surface area contributed by atoms with Crippen LogP contribution in [0, 0.1) is 11.8 Å². The smallest absolute Gasteiger partial charge is 0.218 e. The third-order valence-corrected chi connectivity index (χ3v) is 11.5. The van der Waals surface area contributed by atoms with Crippen molar-refractivity contribution in [1.82, 2.24) is 20.2 Å². The first-order chi connectivity index (χ1) is 29.9. The SMILES string of the molecule is C=O.COCCOC1=NCc2cc(CC(=O)C[C@H]3CN(C)C[C@@H]3c3ccccc3)ncc21.COCCOC1=NCc2cc(CC(=O)C[C@H]3CNC[C@@H]3c3ccccc3)ncc21. The number of pyridine rings is 2. The number of ketones is 2. The number of ether oxygens (including phenoxy) is 4. The van der Waals surface area contributed by atoms with E-state index < -0.39 is 0 Å². The van der Waals surface area contributed by atoms with E-state index in [1.165, 1.54) is 11.1 Å². The van der Waals surface area contributed by atoms with Crippen molar-refractivity contribution in [2.45, 2.75) is 50.6 Å². The van der Waals surface area contributed by atoms with Crippen LogP contribution in [0.15, 0.2) is 95.2 Å². The number of hydrogen-bond acceptors (Lipinski definition) is 13. The molecule has 4 atom stereocenters. The molecular formula is C48H58N6O7. The summed E-state index contributed by atoms with van der Waals surface area (Å²) in [5.41, 5.74) is 8.24. The number of rotatable bonds is 16. The number of hydrogen-bond donors (Lipinski definition) is 1. The first-order valence-corrected chi connectivity index (χ1v) is 21.0. The van der Waals surface area contributed by atoms with Gasteiger partial charge in [0, 0.05) is 95.2 Å². The lowest BCUT2D eigenvalue weighted by Gasteiger charge is -2.18. The van der Waals surface area contributed by atoms with Gasteiger partial charge in [-0.3, -0.25) is 19.6 Å². The van der Waals surface area contributed by atoms with E-state index in [1.807, 2.05) is 31.1 Å². The Hall–Kier alpha value is -5.47. The minimum Gasteiger partial charge on any atom is -0.475 e. The van der Waals surface area contributed by atoms with Crippen LogP contribution in [0.2, 0.25) is 0 Å². The molecule has 2 aromatic carbocycles. The molecule has 61 heavy (non-hydrogen) atoms. The number of likely N-dealkylation sites (tertiary alicyclic amines) is 1. The number of methoxy groups -OCH3 is 2. The van der Waals surface area contributed by atoms with E-state index in [0.29, 0.717) is 101 Å². The highest BCUT2D eigenvalue weighted by Crippen LogP contribution is 2.35. The van der Waals surface area contributed by atoms with Gasteiger partial charge in [0.15, 0.2) is 0 Å². The fourth-order valence-corrected chi connectivity index (χ4v) is 8.65. The summed E-state index contributed by atoms with van der Waals surface area (Å²) in [6.07, 6.45) is 5.46. The Morgan fingerprint density at radius 2 is 1.16 bits per heavy atom. The summed E-state index contributed by atoms with van der Waals surface area (Å²) in [5, 5.41) is 3.44. The molecule has 6 heterocycles. The zero-order chi connectivity index (χ0) is 43.0. The number of aliphatic imine (C=N–C) groups is 2. The monoisotopic (exact) mass is 830 g/mol. The van der Waals surface area contributed by atoms with E-state index >= 15 is 0 Å².